The van der Waals surface area contributed by atoms with Gasteiger partial charge in [0.15, 0.2) is 4.90 Å². The lowest BCUT2D eigenvalue weighted by Crippen LogP contribution is -2.42. The van der Waals surface area contributed by atoms with E-state index < -0.39 is 32.2 Å². The largest absolute Gasteiger partial charge is 0.330 e. The molecule has 32 heavy (non-hydrogen) atoms. The Morgan fingerprint density at radius 3 is 2.34 bits per heavy atom. The molecule has 4 rings (SSSR count). The average Bonchev–Trinajstić information content (AvgIpc) is 3.23. The lowest BCUT2D eigenvalue weighted by Gasteiger charge is -2.25. The van der Waals surface area contributed by atoms with Gasteiger partial charge in [0.05, 0.1) is 11.0 Å². The summed E-state index contributed by atoms with van der Waals surface area (Å²) in [6.45, 7) is 1.74. The van der Waals surface area contributed by atoms with Gasteiger partial charge in [-0.05, 0) is 36.8 Å². The second-order valence-electron chi connectivity index (χ2n) is 7.64. The number of aryl methyl sites for hydroxylation is 1. The molecule has 0 saturated carbocycles. The molecule has 2 aromatic carbocycles. The summed E-state index contributed by atoms with van der Waals surface area (Å²) in [6.07, 6.45) is 2.81. The molecule has 166 valence electrons. The molecule has 1 atom stereocenters. The molecule has 2 heterocycles. The van der Waals surface area contributed by atoms with E-state index in [4.69, 9.17) is 0 Å². The predicted octanol–water partition coefficient (Wildman–Crippen LogP) is 1.80. The van der Waals surface area contributed by atoms with E-state index in [1.807, 2.05) is 53.1 Å². The highest BCUT2D eigenvalue weighted by atomic mass is 32.2. The highest BCUT2D eigenvalue weighted by Crippen LogP contribution is 2.26. The number of imidazole rings is 1. The summed E-state index contributed by atoms with van der Waals surface area (Å²) >= 11 is 0. The molecule has 0 aliphatic carbocycles. The fraction of sp³-hybridized carbons (Fsp3) is 0.227. The number of nitrogens with zero attached hydrogens (tertiary/aromatic N) is 5. The first-order valence-corrected chi connectivity index (χ1v) is 11.3. The predicted molar refractivity (Wildman–Crippen MR) is 121 cm³/mol. The Labute approximate surface area is 184 Å². The van der Waals surface area contributed by atoms with Crippen molar-refractivity contribution in [2.24, 2.45) is 14.1 Å². The lowest BCUT2D eigenvalue weighted by atomic mass is 10.1. The molecule has 0 amide bonds. The number of rotatable bonds is 5. The van der Waals surface area contributed by atoms with Gasteiger partial charge in [0.25, 0.3) is 5.56 Å². The summed E-state index contributed by atoms with van der Waals surface area (Å²) in [5.74, 6) is 0. The van der Waals surface area contributed by atoms with E-state index in [0.717, 1.165) is 41.9 Å². The van der Waals surface area contributed by atoms with E-state index in [1.165, 1.54) is 21.1 Å². The van der Waals surface area contributed by atoms with Crippen LogP contribution in [0.1, 0.15) is 18.5 Å². The molecule has 0 unspecified atom stereocenters. The fourth-order valence-corrected chi connectivity index (χ4v) is 5.10. The van der Waals surface area contributed by atoms with Crippen LogP contribution in [0, 0.1) is 0 Å². The number of para-hydroxylation sites is 2. The van der Waals surface area contributed by atoms with E-state index in [2.05, 4.69) is 4.98 Å². The molecule has 4 aromatic rings. The lowest BCUT2D eigenvalue weighted by molar-refractivity contribution is 0.396. The van der Waals surface area contributed by atoms with E-state index in [1.54, 1.807) is 13.3 Å². The minimum absolute atomic E-state index is 0.446. The third kappa shape index (κ3) is 3.47. The second kappa shape index (κ2) is 7.88. The van der Waals surface area contributed by atoms with Gasteiger partial charge < -0.3 is 4.57 Å². The Morgan fingerprint density at radius 2 is 1.66 bits per heavy atom. The van der Waals surface area contributed by atoms with Gasteiger partial charge in [-0.25, -0.2) is 18.2 Å². The van der Waals surface area contributed by atoms with Crippen LogP contribution in [0.3, 0.4) is 0 Å². The topological polar surface area (TPSA) is 99.2 Å². The van der Waals surface area contributed by atoms with E-state index in [0.29, 0.717) is 0 Å². The Balaban J connectivity index is 1.67. The van der Waals surface area contributed by atoms with Crippen molar-refractivity contribution in [1.82, 2.24) is 23.0 Å². The highest BCUT2D eigenvalue weighted by molar-refractivity contribution is 7.89. The van der Waals surface area contributed by atoms with Crippen molar-refractivity contribution in [3.63, 3.8) is 0 Å². The Morgan fingerprint density at radius 1 is 1.00 bits per heavy atom. The maximum Gasteiger partial charge on any atom is 0.330 e. The summed E-state index contributed by atoms with van der Waals surface area (Å²) in [6, 6.07) is 14.7. The van der Waals surface area contributed by atoms with E-state index in [9.17, 15) is 18.0 Å². The fourth-order valence-electron chi connectivity index (χ4n) is 3.60. The van der Waals surface area contributed by atoms with Crippen molar-refractivity contribution in [3.8, 4) is 5.69 Å². The maximum atomic E-state index is 13.2. The molecule has 0 fully saturated rings. The number of sulfonamides is 1. The van der Waals surface area contributed by atoms with Gasteiger partial charge in [0.2, 0.25) is 10.0 Å². The Hall–Kier alpha value is -3.50. The summed E-state index contributed by atoms with van der Waals surface area (Å²) in [5.41, 5.74) is 2.06. The van der Waals surface area contributed by atoms with Crippen molar-refractivity contribution in [3.05, 3.63) is 87.5 Å². The molecule has 0 bridgehead atoms. The number of hydrogen-bond donors (Lipinski definition) is 0. The second-order valence-corrected chi connectivity index (χ2v) is 9.61. The zero-order valence-electron chi connectivity index (χ0n) is 18.1. The zero-order valence-corrected chi connectivity index (χ0v) is 18.9. The molecule has 9 nitrogen and oxygen atoms in total. The molecule has 10 heteroatoms. The first-order valence-electron chi connectivity index (χ1n) is 9.90. The van der Waals surface area contributed by atoms with Crippen molar-refractivity contribution < 1.29 is 8.42 Å². The number of benzene rings is 2. The van der Waals surface area contributed by atoms with Gasteiger partial charge in [-0.3, -0.25) is 13.9 Å². The van der Waals surface area contributed by atoms with Gasteiger partial charge in [-0.2, -0.15) is 4.31 Å². The summed E-state index contributed by atoms with van der Waals surface area (Å²) in [4.78, 5) is 28.3. The smallest absolute Gasteiger partial charge is 0.302 e. The minimum atomic E-state index is -4.14. The van der Waals surface area contributed by atoms with Crippen LogP contribution in [0.15, 0.2) is 75.5 Å². The van der Waals surface area contributed by atoms with Crippen molar-refractivity contribution in [1.29, 1.82) is 0 Å². The summed E-state index contributed by atoms with van der Waals surface area (Å²) in [5, 5.41) is 0. The van der Waals surface area contributed by atoms with Gasteiger partial charge in [-0.15, -0.1) is 0 Å². The van der Waals surface area contributed by atoms with Crippen molar-refractivity contribution in [2.75, 3.05) is 7.05 Å². The maximum absolute atomic E-state index is 13.2. The molecule has 0 aliphatic rings. The highest BCUT2D eigenvalue weighted by Gasteiger charge is 2.30. The van der Waals surface area contributed by atoms with Gasteiger partial charge in [0.1, 0.15) is 6.33 Å². The van der Waals surface area contributed by atoms with Gasteiger partial charge in [-0.1, -0.05) is 24.3 Å². The Kier molecular flexibility index (Phi) is 5.35. The number of fused-ring (bicyclic) bond motifs is 1. The van der Waals surface area contributed by atoms with E-state index >= 15 is 0 Å². The first kappa shape index (κ1) is 21.7. The molecule has 0 spiro atoms. The molecule has 0 radical (unpaired) electrons. The monoisotopic (exact) mass is 453 g/mol. The van der Waals surface area contributed by atoms with Crippen LogP contribution in [0.25, 0.3) is 16.7 Å². The minimum Gasteiger partial charge on any atom is -0.302 e. The average molecular weight is 454 g/mol. The van der Waals surface area contributed by atoms with Crippen LogP contribution in [0.5, 0.6) is 0 Å². The Bertz CT molecular complexity index is 1530. The van der Waals surface area contributed by atoms with Crippen LogP contribution in [-0.4, -0.2) is 38.5 Å². The van der Waals surface area contributed by atoms with Crippen molar-refractivity contribution >= 4 is 21.1 Å². The zero-order chi connectivity index (χ0) is 23.2. The standard InChI is InChI=1S/C22H23N5O4S/c1-15(26(4)32(30,31)20-13-24(2)22(29)25(3)21(20)28)16-9-11-17(12-10-16)27-14-23-18-7-5-6-8-19(18)27/h5-15H,1-4H3/t15-/m0/s1. The van der Waals surface area contributed by atoms with E-state index in [-0.39, 0.29) is 0 Å². The summed E-state index contributed by atoms with van der Waals surface area (Å²) < 4.78 is 31.3. The molecular weight excluding hydrogens is 430 g/mol. The third-order valence-corrected chi connectivity index (χ3v) is 7.63. The van der Waals surface area contributed by atoms with Crippen molar-refractivity contribution in [2.45, 2.75) is 17.9 Å². The third-order valence-electron chi connectivity index (χ3n) is 5.72. The normalized spacial score (nSPS) is 13.0. The molecule has 2 aromatic heterocycles. The van der Waals surface area contributed by atoms with Crippen LogP contribution in [0.2, 0.25) is 0 Å². The summed E-state index contributed by atoms with van der Waals surface area (Å²) in [7, 11) is -0.0563. The van der Waals surface area contributed by atoms with Crippen LogP contribution in [0.4, 0.5) is 0 Å². The van der Waals surface area contributed by atoms with Crippen LogP contribution in [-0.2, 0) is 24.1 Å². The number of hydrogen-bond acceptors (Lipinski definition) is 5. The number of aromatic nitrogens is 4. The first-order chi connectivity index (χ1) is 15.1. The van der Waals surface area contributed by atoms with Gasteiger partial charge in [0, 0.05) is 39.1 Å². The SMILES string of the molecule is C[C@@H](c1ccc(-n2cnc3ccccc32)cc1)N(C)S(=O)(=O)c1cn(C)c(=O)n(C)c1=O. The van der Waals surface area contributed by atoms with Gasteiger partial charge >= 0.3 is 5.69 Å². The van der Waals surface area contributed by atoms with Crippen LogP contribution >= 0.6 is 0 Å². The molecule has 0 N–H and O–H groups in total. The molecular formula is C22H23N5O4S. The quantitative estimate of drug-likeness (QED) is 0.459. The molecule has 0 aliphatic heterocycles. The molecule has 0 saturated heterocycles. The van der Waals surface area contributed by atoms with Crippen LogP contribution < -0.4 is 11.2 Å².